The molecule has 7 heteroatoms. The van der Waals surface area contributed by atoms with Gasteiger partial charge in [-0.15, -0.1) is 0 Å². The highest BCUT2D eigenvalue weighted by molar-refractivity contribution is 7.80. The predicted molar refractivity (Wildman–Crippen MR) is 79.8 cm³/mol. The second kappa shape index (κ2) is 7.42. The first-order valence-electron chi connectivity index (χ1n) is 7.30. The molecule has 1 amide bonds. The topological polar surface area (TPSA) is 46.3 Å². The molecule has 0 aromatic heterocycles. The molecule has 1 fully saturated rings. The minimum atomic E-state index is -4.31. The van der Waals surface area contributed by atoms with Gasteiger partial charge in [0.25, 0.3) is 0 Å². The Morgan fingerprint density at radius 1 is 1.33 bits per heavy atom. The van der Waals surface area contributed by atoms with Crippen LogP contribution in [0.5, 0.6) is 0 Å². The average molecular weight is 324 g/mol. The van der Waals surface area contributed by atoms with Gasteiger partial charge in [-0.2, -0.15) is 13.2 Å². The van der Waals surface area contributed by atoms with Crippen molar-refractivity contribution in [2.24, 2.45) is 17.6 Å². The Morgan fingerprint density at radius 2 is 1.90 bits per heavy atom. The molecular formula is C14H23F3N2OS. The summed E-state index contributed by atoms with van der Waals surface area (Å²) in [6, 6.07) is -0.164. The quantitative estimate of drug-likeness (QED) is 0.790. The van der Waals surface area contributed by atoms with Gasteiger partial charge in [0.2, 0.25) is 5.91 Å². The number of nitrogens with zero attached hydrogens (tertiary/aromatic N) is 1. The van der Waals surface area contributed by atoms with Crippen LogP contribution in [0.15, 0.2) is 0 Å². The van der Waals surface area contributed by atoms with E-state index in [1.165, 1.54) is 4.90 Å². The summed E-state index contributed by atoms with van der Waals surface area (Å²) >= 11 is 4.79. The van der Waals surface area contributed by atoms with Gasteiger partial charge < -0.3 is 10.6 Å². The molecule has 0 spiro atoms. The average Bonchev–Trinajstić information content (AvgIpc) is 2.37. The number of thiocarbonyl (C=S) groups is 1. The lowest BCUT2D eigenvalue weighted by Gasteiger charge is -2.37. The Kier molecular flexibility index (Phi) is 6.43. The summed E-state index contributed by atoms with van der Waals surface area (Å²) in [7, 11) is 0. The number of carbonyl (C=O) groups is 1. The SMILES string of the molecule is CC(C)N(CCC(N)=S)C(=O)C1CCCCC1C(F)(F)F. The maximum atomic E-state index is 13.1. The maximum absolute atomic E-state index is 13.1. The second-order valence-corrected chi connectivity index (χ2v) is 6.41. The highest BCUT2D eigenvalue weighted by Crippen LogP contribution is 2.42. The van der Waals surface area contributed by atoms with Crippen molar-refractivity contribution in [3.63, 3.8) is 0 Å². The highest BCUT2D eigenvalue weighted by atomic mass is 32.1. The van der Waals surface area contributed by atoms with Crippen molar-refractivity contribution >= 4 is 23.1 Å². The number of hydrogen-bond donors (Lipinski definition) is 1. The third kappa shape index (κ3) is 5.13. The van der Waals surface area contributed by atoms with Crippen molar-refractivity contribution in [2.75, 3.05) is 6.54 Å². The van der Waals surface area contributed by atoms with Crippen molar-refractivity contribution in [3.05, 3.63) is 0 Å². The fraction of sp³-hybridized carbons (Fsp3) is 0.857. The molecule has 0 bridgehead atoms. The normalized spacial score (nSPS) is 23.1. The molecule has 1 rings (SSSR count). The molecule has 0 aromatic rings. The smallest absolute Gasteiger partial charge is 0.392 e. The molecule has 0 radical (unpaired) electrons. The zero-order valence-electron chi connectivity index (χ0n) is 12.4. The summed E-state index contributed by atoms with van der Waals surface area (Å²) in [5.41, 5.74) is 5.43. The maximum Gasteiger partial charge on any atom is 0.392 e. The van der Waals surface area contributed by atoms with E-state index in [0.29, 0.717) is 25.7 Å². The van der Waals surface area contributed by atoms with Crippen molar-refractivity contribution < 1.29 is 18.0 Å². The molecule has 0 aliphatic heterocycles. The van der Waals surface area contributed by atoms with Gasteiger partial charge in [0.15, 0.2) is 0 Å². The molecule has 2 N–H and O–H groups in total. The van der Waals surface area contributed by atoms with E-state index in [2.05, 4.69) is 0 Å². The molecule has 21 heavy (non-hydrogen) atoms. The van der Waals surface area contributed by atoms with Crippen molar-refractivity contribution in [2.45, 2.75) is 58.2 Å². The lowest BCUT2D eigenvalue weighted by Crippen LogP contribution is -2.47. The van der Waals surface area contributed by atoms with Crippen LogP contribution in [0.1, 0.15) is 46.0 Å². The highest BCUT2D eigenvalue weighted by Gasteiger charge is 2.49. The molecule has 3 nitrogen and oxygen atoms in total. The molecule has 122 valence electrons. The number of hydrogen-bond acceptors (Lipinski definition) is 2. The van der Waals surface area contributed by atoms with E-state index in [-0.39, 0.29) is 24.0 Å². The molecule has 0 aromatic carbocycles. The fourth-order valence-corrected chi connectivity index (χ4v) is 2.98. The van der Waals surface area contributed by atoms with Crippen LogP contribution in [0.4, 0.5) is 13.2 Å². The molecule has 0 saturated heterocycles. The number of nitrogens with two attached hydrogens (primary N) is 1. The molecular weight excluding hydrogens is 301 g/mol. The Hall–Kier alpha value is -0.850. The molecule has 1 aliphatic carbocycles. The Balaban J connectivity index is 2.86. The van der Waals surface area contributed by atoms with E-state index >= 15 is 0 Å². The summed E-state index contributed by atoms with van der Waals surface area (Å²) in [4.78, 5) is 14.3. The van der Waals surface area contributed by atoms with Crippen LogP contribution in [0.3, 0.4) is 0 Å². The van der Waals surface area contributed by atoms with Gasteiger partial charge in [-0.25, -0.2) is 0 Å². The first-order chi connectivity index (χ1) is 9.64. The summed E-state index contributed by atoms with van der Waals surface area (Å²) in [6.07, 6.45) is -2.43. The Bertz CT molecular complexity index is 385. The first kappa shape index (κ1) is 18.2. The van der Waals surface area contributed by atoms with Crippen LogP contribution >= 0.6 is 12.2 Å². The number of halogens is 3. The zero-order valence-corrected chi connectivity index (χ0v) is 13.3. The van der Waals surface area contributed by atoms with Gasteiger partial charge in [-0.05, 0) is 26.7 Å². The van der Waals surface area contributed by atoms with Gasteiger partial charge in [0, 0.05) is 24.9 Å². The fourth-order valence-electron chi connectivity index (χ4n) is 2.88. The number of rotatable bonds is 5. The molecule has 1 aliphatic rings. The van der Waals surface area contributed by atoms with E-state index in [0.717, 1.165) is 0 Å². The summed E-state index contributed by atoms with van der Waals surface area (Å²) in [6.45, 7) is 3.87. The van der Waals surface area contributed by atoms with Gasteiger partial charge >= 0.3 is 6.18 Å². The lowest BCUT2D eigenvalue weighted by molar-refractivity contribution is -0.201. The number of alkyl halides is 3. The summed E-state index contributed by atoms with van der Waals surface area (Å²) < 4.78 is 39.4. The second-order valence-electron chi connectivity index (χ2n) is 5.88. The standard InChI is InChI=1S/C14H23F3N2OS/c1-9(2)19(8-7-12(18)21)13(20)10-5-3-4-6-11(10)14(15,16)17/h9-11H,3-8H2,1-2H3,(H2,18,21). The Labute approximate surface area is 129 Å². The van der Waals surface area contributed by atoms with Crippen LogP contribution in [0.25, 0.3) is 0 Å². The lowest BCUT2D eigenvalue weighted by atomic mass is 9.77. The van der Waals surface area contributed by atoms with E-state index in [1.807, 2.05) is 0 Å². The van der Waals surface area contributed by atoms with Crippen LogP contribution < -0.4 is 5.73 Å². The zero-order chi connectivity index (χ0) is 16.2. The third-order valence-corrected chi connectivity index (χ3v) is 4.21. The van der Waals surface area contributed by atoms with Gasteiger partial charge in [0.05, 0.1) is 10.9 Å². The molecule has 2 atom stereocenters. The van der Waals surface area contributed by atoms with Gasteiger partial charge in [0.1, 0.15) is 0 Å². The van der Waals surface area contributed by atoms with Crippen molar-refractivity contribution in [3.8, 4) is 0 Å². The van der Waals surface area contributed by atoms with Crippen LogP contribution in [-0.4, -0.2) is 34.6 Å². The van der Waals surface area contributed by atoms with E-state index in [1.54, 1.807) is 13.8 Å². The van der Waals surface area contributed by atoms with Gasteiger partial charge in [-0.3, -0.25) is 4.79 Å². The van der Waals surface area contributed by atoms with Crippen molar-refractivity contribution in [1.29, 1.82) is 0 Å². The van der Waals surface area contributed by atoms with E-state index in [4.69, 9.17) is 18.0 Å². The van der Waals surface area contributed by atoms with Crippen LogP contribution in [0.2, 0.25) is 0 Å². The largest absolute Gasteiger partial charge is 0.393 e. The van der Waals surface area contributed by atoms with Crippen LogP contribution in [0, 0.1) is 11.8 Å². The molecule has 1 saturated carbocycles. The van der Waals surface area contributed by atoms with Crippen molar-refractivity contribution in [1.82, 2.24) is 4.90 Å². The summed E-state index contributed by atoms with van der Waals surface area (Å²) in [5.74, 6) is -2.90. The predicted octanol–water partition coefficient (Wildman–Crippen LogP) is 3.27. The van der Waals surface area contributed by atoms with E-state index < -0.39 is 23.9 Å². The molecule has 2 unspecified atom stereocenters. The van der Waals surface area contributed by atoms with Gasteiger partial charge in [-0.1, -0.05) is 25.1 Å². The third-order valence-electron chi connectivity index (χ3n) is 4.01. The minimum absolute atomic E-state index is 0.0428. The first-order valence-corrected chi connectivity index (χ1v) is 7.71. The minimum Gasteiger partial charge on any atom is -0.393 e. The number of carbonyl (C=O) groups excluding carboxylic acids is 1. The number of amides is 1. The summed E-state index contributed by atoms with van der Waals surface area (Å²) in [5, 5.41) is 0. The van der Waals surface area contributed by atoms with Crippen LogP contribution in [-0.2, 0) is 4.79 Å². The Morgan fingerprint density at radius 3 is 2.38 bits per heavy atom. The molecule has 0 heterocycles. The van der Waals surface area contributed by atoms with E-state index in [9.17, 15) is 18.0 Å². The monoisotopic (exact) mass is 324 g/mol.